The summed E-state index contributed by atoms with van der Waals surface area (Å²) in [6.45, 7) is 6.75. The molecule has 1 saturated heterocycles. The number of hydrogen-bond donors (Lipinski definition) is 2. The highest BCUT2D eigenvalue weighted by Crippen LogP contribution is 2.29. The molecule has 4 nitrogen and oxygen atoms in total. The van der Waals surface area contributed by atoms with Gasteiger partial charge in [0.15, 0.2) is 0 Å². The number of likely N-dealkylation sites (tertiary alicyclic amines) is 1. The van der Waals surface area contributed by atoms with Gasteiger partial charge in [-0.05, 0) is 57.5 Å². The van der Waals surface area contributed by atoms with Crippen molar-refractivity contribution in [3.63, 3.8) is 0 Å². The highest BCUT2D eigenvalue weighted by atomic mass is 35.5. The van der Waals surface area contributed by atoms with Crippen molar-refractivity contribution in [3.05, 3.63) is 28.8 Å². The van der Waals surface area contributed by atoms with Gasteiger partial charge < -0.3 is 20.5 Å². The van der Waals surface area contributed by atoms with Crippen LogP contribution in [-0.4, -0.2) is 41.8 Å². The van der Waals surface area contributed by atoms with Crippen LogP contribution in [0.4, 0.5) is 0 Å². The van der Waals surface area contributed by atoms with Gasteiger partial charge in [-0.1, -0.05) is 17.7 Å². The number of hydrogen-bond acceptors (Lipinski definition) is 4. The van der Waals surface area contributed by atoms with E-state index in [1.165, 1.54) is 12.8 Å². The number of aliphatic hydroxyl groups excluding tert-OH is 1. The van der Waals surface area contributed by atoms with Crippen molar-refractivity contribution < 1.29 is 9.84 Å². The second-order valence-corrected chi connectivity index (χ2v) is 6.38. The average molecular weight is 313 g/mol. The lowest BCUT2D eigenvalue weighted by atomic mass is 10.0. The van der Waals surface area contributed by atoms with Crippen LogP contribution in [0.15, 0.2) is 18.2 Å². The van der Waals surface area contributed by atoms with Crippen LogP contribution in [0.25, 0.3) is 0 Å². The van der Waals surface area contributed by atoms with Crippen molar-refractivity contribution in [2.24, 2.45) is 5.73 Å². The van der Waals surface area contributed by atoms with Crippen LogP contribution in [0.1, 0.15) is 38.4 Å². The molecule has 1 heterocycles. The fourth-order valence-electron chi connectivity index (χ4n) is 2.66. The third-order valence-corrected chi connectivity index (χ3v) is 4.03. The van der Waals surface area contributed by atoms with Gasteiger partial charge in [0.2, 0.25) is 0 Å². The van der Waals surface area contributed by atoms with Gasteiger partial charge in [0.25, 0.3) is 0 Å². The predicted octanol–water partition coefficient (Wildman–Crippen LogP) is 2.58. The van der Waals surface area contributed by atoms with E-state index in [1.807, 2.05) is 19.9 Å². The third kappa shape index (κ3) is 4.58. The molecule has 1 aromatic rings. The molecule has 0 spiro atoms. The molecule has 1 aromatic carbocycles. The highest BCUT2D eigenvalue weighted by Gasteiger charge is 2.22. The Morgan fingerprint density at radius 1 is 1.33 bits per heavy atom. The van der Waals surface area contributed by atoms with Gasteiger partial charge in [0.1, 0.15) is 5.75 Å². The fourth-order valence-corrected chi connectivity index (χ4v) is 2.89. The van der Waals surface area contributed by atoms with Gasteiger partial charge in [-0.3, -0.25) is 0 Å². The molecule has 1 fully saturated rings. The first-order valence-electron chi connectivity index (χ1n) is 7.59. The van der Waals surface area contributed by atoms with Gasteiger partial charge >= 0.3 is 0 Å². The van der Waals surface area contributed by atoms with E-state index in [-0.39, 0.29) is 12.1 Å². The molecule has 1 aliphatic heterocycles. The summed E-state index contributed by atoms with van der Waals surface area (Å²) >= 11 is 6.21. The van der Waals surface area contributed by atoms with Gasteiger partial charge in [0, 0.05) is 12.6 Å². The lowest BCUT2D eigenvalue weighted by Gasteiger charge is -2.25. The Bertz CT molecular complexity index is 462. The Morgan fingerprint density at radius 3 is 2.57 bits per heavy atom. The number of ether oxygens (including phenoxy) is 1. The molecular weight excluding hydrogens is 288 g/mol. The minimum Gasteiger partial charge on any atom is -0.489 e. The third-order valence-electron chi connectivity index (χ3n) is 3.73. The predicted molar refractivity (Wildman–Crippen MR) is 85.8 cm³/mol. The van der Waals surface area contributed by atoms with Crippen LogP contribution < -0.4 is 10.5 Å². The van der Waals surface area contributed by atoms with Crippen molar-refractivity contribution in [2.75, 3.05) is 19.6 Å². The van der Waals surface area contributed by atoms with E-state index >= 15 is 0 Å². The van der Waals surface area contributed by atoms with Crippen LogP contribution in [-0.2, 0) is 0 Å². The van der Waals surface area contributed by atoms with Crippen LogP contribution in [0.3, 0.4) is 0 Å². The molecule has 1 aliphatic rings. The van der Waals surface area contributed by atoms with Crippen molar-refractivity contribution in [3.8, 4) is 5.75 Å². The molecule has 0 aromatic heterocycles. The largest absolute Gasteiger partial charge is 0.489 e. The fraction of sp³-hybridized carbons (Fsp3) is 0.625. The van der Waals surface area contributed by atoms with Crippen LogP contribution in [0, 0.1) is 0 Å². The summed E-state index contributed by atoms with van der Waals surface area (Å²) in [7, 11) is 0. The smallest absolute Gasteiger partial charge is 0.138 e. The molecule has 0 saturated carbocycles. The van der Waals surface area contributed by atoms with E-state index in [1.54, 1.807) is 12.1 Å². The normalized spacial score (nSPS) is 19.0. The summed E-state index contributed by atoms with van der Waals surface area (Å²) in [5.41, 5.74) is 6.87. The molecule has 118 valence electrons. The first-order valence-corrected chi connectivity index (χ1v) is 7.97. The summed E-state index contributed by atoms with van der Waals surface area (Å²) < 4.78 is 5.59. The minimum absolute atomic E-state index is 0.0655. The van der Waals surface area contributed by atoms with Crippen molar-refractivity contribution >= 4 is 11.6 Å². The zero-order valence-corrected chi connectivity index (χ0v) is 13.5. The molecule has 0 radical (unpaired) electrons. The maximum absolute atomic E-state index is 10.4. The molecule has 0 bridgehead atoms. The van der Waals surface area contributed by atoms with E-state index in [9.17, 15) is 5.11 Å². The monoisotopic (exact) mass is 312 g/mol. The lowest BCUT2D eigenvalue weighted by Crippen LogP contribution is -2.40. The Hall–Kier alpha value is -0.810. The molecule has 0 aliphatic carbocycles. The molecule has 0 amide bonds. The first kappa shape index (κ1) is 16.6. The second-order valence-electron chi connectivity index (χ2n) is 5.97. The maximum atomic E-state index is 10.4. The topological polar surface area (TPSA) is 58.7 Å². The maximum Gasteiger partial charge on any atom is 0.138 e. The van der Waals surface area contributed by atoms with E-state index in [0.717, 1.165) is 18.7 Å². The van der Waals surface area contributed by atoms with Crippen molar-refractivity contribution in [1.82, 2.24) is 4.90 Å². The number of nitrogens with zero attached hydrogens (tertiary/aromatic N) is 1. The van der Waals surface area contributed by atoms with E-state index in [4.69, 9.17) is 22.1 Å². The highest BCUT2D eigenvalue weighted by molar-refractivity contribution is 6.32. The number of aliphatic hydroxyl groups is 1. The molecule has 2 rings (SSSR count). The summed E-state index contributed by atoms with van der Waals surface area (Å²) in [6, 6.07) is 5.06. The summed E-state index contributed by atoms with van der Waals surface area (Å²) in [5.74, 6) is 0.635. The van der Waals surface area contributed by atoms with Crippen LogP contribution in [0.2, 0.25) is 5.02 Å². The minimum atomic E-state index is -0.712. The van der Waals surface area contributed by atoms with Crippen molar-refractivity contribution in [2.45, 2.75) is 44.9 Å². The van der Waals surface area contributed by atoms with Gasteiger partial charge in [0.05, 0.1) is 17.2 Å². The molecule has 21 heavy (non-hydrogen) atoms. The number of benzene rings is 1. The zero-order valence-electron chi connectivity index (χ0n) is 12.8. The Balaban J connectivity index is 2.00. The van der Waals surface area contributed by atoms with Crippen molar-refractivity contribution in [1.29, 1.82) is 0 Å². The molecule has 2 atom stereocenters. The number of rotatable bonds is 6. The van der Waals surface area contributed by atoms with Gasteiger partial charge in [-0.25, -0.2) is 0 Å². The molecule has 3 N–H and O–H groups in total. The Kier molecular flexibility index (Phi) is 5.88. The lowest BCUT2D eigenvalue weighted by molar-refractivity contribution is 0.125. The SMILES string of the molecule is CC(C)Oc1ccc(C(O)C(N)CN2CCCC2)cc1Cl. The molecule has 2 unspecified atom stereocenters. The average Bonchev–Trinajstić information content (AvgIpc) is 2.92. The first-order chi connectivity index (χ1) is 9.97. The standard InChI is InChI=1S/C16H25ClN2O2/c1-11(2)21-15-6-5-12(9-13(15)17)16(20)14(18)10-19-7-3-4-8-19/h5-6,9,11,14,16,20H,3-4,7-8,10,18H2,1-2H3. The van der Waals surface area contributed by atoms with Gasteiger partial charge in [-0.2, -0.15) is 0 Å². The Labute approximate surface area is 131 Å². The van der Waals surface area contributed by atoms with Crippen LogP contribution >= 0.6 is 11.6 Å². The summed E-state index contributed by atoms with van der Waals surface area (Å²) in [6.07, 6.45) is 1.79. The molecule has 5 heteroatoms. The van der Waals surface area contributed by atoms with Crippen LogP contribution in [0.5, 0.6) is 5.75 Å². The Morgan fingerprint density at radius 2 is 2.00 bits per heavy atom. The quantitative estimate of drug-likeness (QED) is 0.847. The van der Waals surface area contributed by atoms with Gasteiger partial charge in [-0.15, -0.1) is 0 Å². The molecular formula is C16H25ClN2O2. The second kappa shape index (κ2) is 7.45. The van der Waals surface area contributed by atoms with E-state index < -0.39 is 6.10 Å². The van der Waals surface area contributed by atoms with E-state index in [2.05, 4.69) is 4.90 Å². The summed E-state index contributed by atoms with van der Waals surface area (Å²) in [5, 5.41) is 10.9. The number of halogens is 1. The zero-order chi connectivity index (χ0) is 15.4. The number of nitrogens with two attached hydrogens (primary N) is 1. The summed E-state index contributed by atoms with van der Waals surface area (Å²) in [4.78, 5) is 2.30. The van der Waals surface area contributed by atoms with E-state index in [0.29, 0.717) is 17.3 Å².